The molecule has 0 fully saturated rings. The van der Waals surface area contributed by atoms with Crippen molar-refractivity contribution in [3.8, 4) is 0 Å². The van der Waals surface area contributed by atoms with Gasteiger partial charge < -0.3 is 10.1 Å². The fourth-order valence-corrected chi connectivity index (χ4v) is 3.08. The van der Waals surface area contributed by atoms with E-state index in [1.807, 2.05) is 25.1 Å². The summed E-state index contributed by atoms with van der Waals surface area (Å²) in [6, 6.07) is 9.10. The number of ether oxygens (including phenoxy) is 1. The SMILES string of the molecule is Cc1ccc2c3c(cccc13)C(=O)N(CCNC(=O)OC(C)(C)C)C2=O. The highest BCUT2D eigenvalue weighted by molar-refractivity contribution is 6.25. The molecular weight excluding hydrogens is 332 g/mol. The van der Waals surface area contributed by atoms with E-state index in [0.29, 0.717) is 16.5 Å². The van der Waals surface area contributed by atoms with Crippen LogP contribution in [-0.4, -0.2) is 41.5 Å². The number of hydrogen-bond acceptors (Lipinski definition) is 4. The van der Waals surface area contributed by atoms with Crippen LogP contribution in [0.3, 0.4) is 0 Å². The van der Waals surface area contributed by atoms with E-state index in [1.165, 1.54) is 4.90 Å². The van der Waals surface area contributed by atoms with Gasteiger partial charge in [0.25, 0.3) is 11.8 Å². The molecule has 0 bridgehead atoms. The lowest BCUT2D eigenvalue weighted by Gasteiger charge is -2.28. The van der Waals surface area contributed by atoms with Crippen LogP contribution in [0.1, 0.15) is 47.1 Å². The van der Waals surface area contributed by atoms with Gasteiger partial charge in [-0.25, -0.2) is 4.79 Å². The maximum Gasteiger partial charge on any atom is 0.407 e. The van der Waals surface area contributed by atoms with Gasteiger partial charge in [-0.05, 0) is 50.8 Å². The number of amides is 3. The summed E-state index contributed by atoms with van der Waals surface area (Å²) in [7, 11) is 0. The maximum atomic E-state index is 12.8. The van der Waals surface area contributed by atoms with Crippen LogP contribution in [0.25, 0.3) is 10.8 Å². The van der Waals surface area contributed by atoms with E-state index in [-0.39, 0.29) is 24.9 Å². The maximum absolute atomic E-state index is 12.8. The van der Waals surface area contributed by atoms with Gasteiger partial charge in [-0.1, -0.05) is 18.2 Å². The summed E-state index contributed by atoms with van der Waals surface area (Å²) in [6.07, 6.45) is -0.576. The summed E-state index contributed by atoms with van der Waals surface area (Å²) in [5.74, 6) is -0.686. The first-order valence-electron chi connectivity index (χ1n) is 8.54. The number of hydrogen-bond donors (Lipinski definition) is 1. The average molecular weight is 354 g/mol. The van der Waals surface area contributed by atoms with E-state index in [0.717, 1.165) is 10.9 Å². The number of benzene rings is 2. The molecule has 1 aliphatic heterocycles. The minimum atomic E-state index is -0.604. The number of carbonyl (C=O) groups excluding carboxylic acids is 3. The molecule has 136 valence electrons. The predicted molar refractivity (Wildman–Crippen MR) is 98.3 cm³/mol. The molecule has 3 amide bonds. The Morgan fingerprint density at radius 1 is 1.08 bits per heavy atom. The Kier molecular flexibility index (Phi) is 4.44. The van der Waals surface area contributed by atoms with Gasteiger partial charge in [0.1, 0.15) is 5.60 Å². The number of nitrogens with zero attached hydrogens (tertiary/aromatic N) is 1. The molecule has 26 heavy (non-hydrogen) atoms. The van der Waals surface area contributed by atoms with E-state index in [1.54, 1.807) is 32.9 Å². The van der Waals surface area contributed by atoms with E-state index in [4.69, 9.17) is 4.74 Å². The number of alkyl carbamates (subject to hydrolysis) is 1. The topological polar surface area (TPSA) is 75.7 Å². The fraction of sp³-hybridized carbons (Fsp3) is 0.350. The third-order valence-electron chi connectivity index (χ3n) is 4.21. The van der Waals surface area contributed by atoms with Gasteiger partial charge in [-0.3, -0.25) is 14.5 Å². The van der Waals surface area contributed by atoms with Crippen LogP contribution in [0.5, 0.6) is 0 Å². The van der Waals surface area contributed by atoms with Gasteiger partial charge in [0.2, 0.25) is 0 Å². The average Bonchev–Trinajstić information content (AvgIpc) is 2.55. The molecule has 3 rings (SSSR count). The van der Waals surface area contributed by atoms with Gasteiger partial charge in [-0.15, -0.1) is 0 Å². The smallest absolute Gasteiger partial charge is 0.407 e. The third kappa shape index (κ3) is 3.27. The van der Waals surface area contributed by atoms with Crippen molar-refractivity contribution < 1.29 is 19.1 Å². The molecule has 0 saturated heterocycles. The van der Waals surface area contributed by atoms with Crippen LogP contribution in [0.2, 0.25) is 0 Å². The van der Waals surface area contributed by atoms with Crippen molar-refractivity contribution in [3.05, 3.63) is 47.0 Å². The Hall–Kier alpha value is -2.89. The van der Waals surface area contributed by atoms with Crippen molar-refractivity contribution in [2.75, 3.05) is 13.1 Å². The normalized spacial score (nSPS) is 13.9. The van der Waals surface area contributed by atoms with E-state index < -0.39 is 11.7 Å². The van der Waals surface area contributed by atoms with Gasteiger partial charge in [0.15, 0.2) is 0 Å². The van der Waals surface area contributed by atoms with E-state index in [9.17, 15) is 14.4 Å². The third-order valence-corrected chi connectivity index (χ3v) is 4.21. The van der Waals surface area contributed by atoms with Crippen molar-refractivity contribution in [1.82, 2.24) is 10.2 Å². The van der Waals surface area contributed by atoms with Gasteiger partial charge in [0.05, 0.1) is 0 Å². The molecule has 0 aliphatic carbocycles. The summed E-state index contributed by atoms with van der Waals surface area (Å²) in [5.41, 5.74) is 1.44. The second-order valence-electron chi connectivity index (χ2n) is 7.35. The lowest BCUT2D eigenvalue weighted by Crippen LogP contribution is -2.45. The number of imide groups is 1. The van der Waals surface area contributed by atoms with Crippen molar-refractivity contribution in [2.45, 2.75) is 33.3 Å². The minimum absolute atomic E-state index is 0.0839. The molecule has 1 aliphatic rings. The molecule has 6 heteroatoms. The highest BCUT2D eigenvalue weighted by atomic mass is 16.6. The summed E-state index contributed by atoms with van der Waals surface area (Å²) < 4.78 is 5.16. The summed E-state index contributed by atoms with van der Waals surface area (Å²) in [6.45, 7) is 7.47. The lowest BCUT2D eigenvalue weighted by atomic mass is 9.92. The lowest BCUT2D eigenvalue weighted by molar-refractivity contribution is 0.0496. The standard InChI is InChI=1S/C20H22N2O4/c1-12-8-9-15-16-13(12)6-5-7-14(16)17(23)22(18(15)24)11-10-21-19(25)26-20(2,3)4/h5-9H,10-11H2,1-4H3,(H,21,25). The largest absolute Gasteiger partial charge is 0.444 e. The number of carbonyl (C=O) groups is 3. The molecule has 0 radical (unpaired) electrons. The van der Waals surface area contributed by atoms with Crippen LogP contribution in [0, 0.1) is 6.92 Å². The number of aryl methyl sites for hydroxylation is 1. The highest BCUT2D eigenvalue weighted by Crippen LogP contribution is 2.31. The Labute approximate surface area is 152 Å². The highest BCUT2D eigenvalue weighted by Gasteiger charge is 2.32. The molecule has 0 atom stereocenters. The molecule has 1 N–H and O–H groups in total. The number of rotatable bonds is 3. The molecule has 1 heterocycles. The second kappa shape index (κ2) is 6.44. The van der Waals surface area contributed by atoms with Crippen molar-refractivity contribution in [3.63, 3.8) is 0 Å². The Morgan fingerprint density at radius 3 is 2.38 bits per heavy atom. The fourth-order valence-electron chi connectivity index (χ4n) is 3.08. The van der Waals surface area contributed by atoms with Gasteiger partial charge in [-0.2, -0.15) is 0 Å². The Bertz CT molecular complexity index is 890. The molecule has 6 nitrogen and oxygen atoms in total. The number of nitrogens with one attached hydrogen (secondary N) is 1. The van der Waals surface area contributed by atoms with Crippen LogP contribution in [0.15, 0.2) is 30.3 Å². The first-order valence-corrected chi connectivity index (χ1v) is 8.54. The predicted octanol–water partition coefficient (Wildman–Crippen LogP) is 3.27. The zero-order valence-corrected chi connectivity index (χ0v) is 15.4. The minimum Gasteiger partial charge on any atom is -0.444 e. The van der Waals surface area contributed by atoms with Crippen LogP contribution in [0.4, 0.5) is 4.79 Å². The zero-order chi connectivity index (χ0) is 19.1. The van der Waals surface area contributed by atoms with Crippen molar-refractivity contribution in [1.29, 1.82) is 0 Å². The zero-order valence-electron chi connectivity index (χ0n) is 15.4. The summed E-state index contributed by atoms with van der Waals surface area (Å²) in [4.78, 5) is 38.5. The summed E-state index contributed by atoms with van der Waals surface area (Å²) >= 11 is 0. The Morgan fingerprint density at radius 2 is 1.73 bits per heavy atom. The van der Waals surface area contributed by atoms with Gasteiger partial charge >= 0.3 is 6.09 Å². The van der Waals surface area contributed by atoms with Gasteiger partial charge in [0, 0.05) is 29.6 Å². The molecule has 2 aromatic carbocycles. The molecule has 0 aromatic heterocycles. The van der Waals surface area contributed by atoms with E-state index in [2.05, 4.69) is 5.32 Å². The molecule has 2 aromatic rings. The van der Waals surface area contributed by atoms with Crippen LogP contribution in [-0.2, 0) is 4.74 Å². The summed E-state index contributed by atoms with van der Waals surface area (Å²) in [5, 5.41) is 4.20. The van der Waals surface area contributed by atoms with Crippen molar-refractivity contribution >= 4 is 28.7 Å². The molecular formula is C20H22N2O4. The first-order chi connectivity index (χ1) is 12.2. The Balaban J connectivity index is 1.80. The molecule has 0 spiro atoms. The second-order valence-corrected chi connectivity index (χ2v) is 7.35. The quantitative estimate of drug-likeness (QED) is 0.859. The molecule has 0 saturated carbocycles. The van der Waals surface area contributed by atoms with Crippen LogP contribution < -0.4 is 5.32 Å². The molecule has 0 unspecified atom stereocenters. The van der Waals surface area contributed by atoms with Crippen LogP contribution >= 0.6 is 0 Å². The van der Waals surface area contributed by atoms with E-state index >= 15 is 0 Å². The van der Waals surface area contributed by atoms with Crippen molar-refractivity contribution in [2.24, 2.45) is 0 Å². The monoisotopic (exact) mass is 354 g/mol. The first kappa shape index (κ1) is 17.9.